The molecule has 0 saturated carbocycles. The maximum absolute atomic E-state index is 5.84. The van der Waals surface area contributed by atoms with Crippen molar-refractivity contribution in [2.45, 2.75) is 19.8 Å². The molecule has 0 fully saturated rings. The van der Waals surface area contributed by atoms with Crippen molar-refractivity contribution >= 4 is 11.8 Å². The molecule has 4 rings (SSSR count). The van der Waals surface area contributed by atoms with E-state index >= 15 is 0 Å². The summed E-state index contributed by atoms with van der Waals surface area (Å²) in [6.45, 7) is 4.04. The number of nitrogens with two attached hydrogens (primary N) is 2. The molecule has 0 amide bonds. The normalized spacial score (nSPS) is 10.5. The lowest BCUT2D eigenvalue weighted by Gasteiger charge is -2.18. The molecule has 0 spiro atoms. The van der Waals surface area contributed by atoms with E-state index in [0.717, 1.165) is 5.56 Å². The number of nitrogen functional groups attached to an aromatic ring is 2. The number of aromatic nitrogens is 2. The smallest absolute Gasteiger partial charge is 0.222 e. The number of benzene rings is 2. The van der Waals surface area contributed by atoms with Crippen LogP contribution in [0.25, 0.3) is 11.1 Å². The first-order valence-electron chi connectivity index (χ1n) is 8.78. The summed E-state index contributed by atoms with van der Waals surface area (Å²) in [6.07, 6.45) is 7.06. The molecule has 4 N–H and O–H groups in total. The number of hydrogen-bond acceptors (Lipinski definition) is 6. The minimum Gasteiger partial charge on any atom is -0.495 e. The SMILES string of the molecule is C#Cc1c(OC)ccc(Oc2cnc(N)nc2N)c1C(C)C.c1cc2cc-2c1. The number of anilines is 2. The maximum Gasteiger partial charge on any atom is 0.222 e. The van der Waals surface area contributed by atoms with E-state index in [1.807, 2.05) is 13.8 Å². The van der Waals surface area contributed by atoms with Crippen molar-refractivity contribution in [1.82, 2.24) is 9.97 Å². The van der Waals surface area contributed by atoms with E-state index in [4.69, 9.17) is 27.4 Å². The molecule has 1 aromatic carbocycles. The number of nitrogens with zero attached hydrogens (tertiary/aromatic N) is 2. The van der Waals surface area contributed by atoms with Gasteiger partial charge in [-0.2, -0.15) is 4.98 Å². The number of hydrogen-bond donors (Lipinski definition) is 2. The second-order valence-electron chi connectivity index (χ2n) is 6.51. The van der Waals surface area contributed by atoms with Crippen molar-refractivity contribution in [3.63, 3.8) is 0 Å². The number of terminal acetylenes is 1. The summed E-state index contributed by atoms with van der Waals surface area (Å²) in [5.74, 6) is 4.58. The van der Waals surface area contributed by atoms with Crippen LogP contribution in [0.15, 0.2) is 42.6 Å². The molecule has 2 aliphatic rings. The van der Waals surface area contributed by atoms with Crippen molar-refractivity contribution in [2.75, 3.05) is 18.6 Å². The Morgan fingerprint density at radius 3 is 2.18 bits per heavy atom. The van der Waals surface area contributed by atoms with Crippen LogP contribution in [0.1, 0.15) is 30.9 Å². The first-order chi connectivity index (χ1) is 13.4. The molecule has 2 aliphatic carbocycles. The van der Waals surface area contributed by atoms with Gasteiger partial charge in [0.2, 0.25) is 5.95 Å². The lowest BCUT2D eigenvalue weighted by molar-refractivity contribution is 0.409. The van der Waals surface area contributed by atoms with E-state index in [1.165, 1.54) is 17.3 Å². The highest BCUT2D eigenvalue weighted by atomic mass is 16.5. The fourth-order valence-corrected chi connectivity index (χ4v) is 2.83. The topological polar surface area (TPSA) is 96.3 Å². The van der Waals surface area contributed by atoms with E-state index in [-0.39, 0.29) is 17.7 Å². The predicted octanol–water partition coefficient (Wildman–Crippen LogP) is 4.21. The van der Waals surface area contributed by atoms with Crippen molar-refractivity contribution < 1.29 is 9.47 Å². The van der Waals surface area contributed by atoms with E-state index in [9.17, 15) is 0 Å². The molecular weight excluding hydrogens is 352 g/mol. The molecule has 6 heteroatoms. The summed E-state index contributed by atoms with van der Waals surface area (Å²) < 4.78 is 11.1. The highest BCUT2D eigenvalue weighted by Gasteiger charge is 2.18. The number of rotatable bonds is 4. The standard InChI is InChI=1S/C16H18N4O2.C6H4/c1-5-10-11(21-4)6-7-12(14(10)9(2)3)22-13-8-19-16(18)20-15(13)17;1-2-5-4-6(5)3-1/h1,6-9H,2-4H3,(H4,17,18,19,20);1-4H. The summed E-state index contributed by atoms with van der Waals surface area (Å²) in [5.41, 5.74) is 15.7. The van der Waals surface area contributed by atoms with Crippen LogP contribution in [0.4, 0.5) is 11.8 Å². The first kappa shape index (κ1) is 19.1. The molecule has 0 unspecified atom stereocenters. The van der Waals surface area contributed by atoms with Crippen molar-refractivity contribution in [3.8, 4) is 40.7 Å². The maximum atomic E-state index is 5.84. The Labute approximate surface area is 164 Å². The van der Waals surface area contributed by atoms with Crippen LogP contribution >= 0.6 is 0 Å². The Kier molecular flexibility index (Phi) is 5.37. The molecule has 0 bridgehead atoms. The van der Waals surface area contributed by atoms with Gasteiger partial charge in [-0.3, -0.25) is 0 Å². The van der Waals surface area contributed by atoms with Crippen LogP contribution in [0.2, 0.25) is 0 Å². The predicted molar refractivity (Wildman–Crippen MR) is 111 cm³/mol. The van der Waals surface area contributed by atoms with Gasteiger partial charge in [0, 0.05) is 5.56 Å². The average Bonchev–Trinajstić information content (AvgIpc) is 3.28. The molecule has 28 heavy (non-hydrogen) atoms. The fraction of sp³-hybridized carbons (Fsp3) is 0.182. The van der Waals surface area contributed by atoms with Gasteiger partial charge in [-0.25, -0.2) is 4.98 Å². The zero-order valence-electron chi connectivity index (χ0n) is 16.1. The zero-order valence-corrected chi connectivity index (χ0v) is 16.1. The van der Waals surface area contributed by atoms with Gasteiger partial charge in [0.05, 0.1) is 18.9 Å². The lowest BCUT2D eigenvalue weighted by Crippen LogP contribution is -2.04. The quantitative estimate of drug-likeness (QED) is 0.519. The zero-order chi connectivity index (χ0) is 20.3. The van der Waals surface area contributed by atoms with Crippen LogP contribution in [0.3, 0.4) is 0 Å². The summed E-state index contributed by atoms with van der Waals surface area (Å²) in [7, 11) is 1.58. The monoisotopic (exact) mass is 374 g/mol. The fourth-order valence-electron chi connectivity index (χ4n) is 2.83. The van der Waals surface area contributed by atoms with Crippen molar-refractivity contribution in [3.05, 3.63) is 53.7 Å². The minimum atomic E-state index is 0.0907. The minimum absolute atomic E-state index is 0.0907. The Bertz CT molecular complexity index is 1040. The molecule has 1 heterocycles. The Hall–Kier alpha value is -3.72. The third-order valence-corrected chi connectivity index (χ3v) is 4.24. The van der Waals surface area contributed by atoms with E-state index in [1.54, 1.807) is 19.2 Å². The highest BCUT2D eigenvalue weighted by Crippen LogP contribution is 2.38. The second-order valence-corrected chi connectivity index (χ2v) is 6.51. The lowest BCUT2D eigenvalue weighted by atomic mass is 9.95. The van der Waals surface area contributed by atoms with Gasteiger partial charge in [0.15, 0.2) is 11.6 Å². The van der Waals surface area contributed by atoms with Gasteiger partial charge in [-0.05, 0) is 35.2 Å². The molecule has 0 saturated heterocycles. The van der Waals surface area contributed by atoms with Gasteiger partial charge >= 0.3 is 0 Å². The van der Waals surface area contributed by atoms with Crippen LogP contribution in [0.5, 0.6) is 17.2 Å². The van der Waals surface area contributed by atoms with Crippen molar-refractivity contribution in [1.29, 1.82) is 0 Å². The van der Waals surface area contributed by atoms with Crippen molar-refractivity contribution in [2.24, 2.45) is 0 Å². The number of methoxy groups -OCH3 is 1. The summed E-state index contributed by atoms with van der Waals surface area (Å²) >= 11 is 0. The van der Waals surface area contributed by atoms with Gasteiger partial charge in [0.1, 0.15) is 11.5 Å². The molecule has 0 atom stereocenters. The van der Waals surface area contributed by atoms with Gasteiger partial charge in [-0.1, -0.05) is 38.0 Å². The Morgan fingerprint density at radius 2 is 1.71 bits per heavy atom. The largest absolute Gasteiger partial charge is 0.495 e. The van der Waals surface area contributed by atoms with Gasteiger partial charge in [0.25, 0.3) is 0 Å². The molecule has 1 aromatic heterocycles. The van der Waals surface area contributed by atoms with Crippen LogP contribution in [-0.4, -0.2) is 17.1 Å². The molecule has 6 nitrogen and oxygen atoms in total. The third kappa shape index (κ3) is 3.99. The molecule has 2 aromatic rings. The Balaban J connectivity index is 0.000000311. The second kappa shape index (κ2) is 7.89. The molecular formula is C22H22N4O2. The summed E-state index contributed by atoms with van der Waals surface area (Å²) in [5, 5.41) is 0. The van der Waals surface area contributed by atoms with Crippen LogP contribution < -0.4 is 20.9 Å². The number of fused-ring (bicyclic) bond motifs is 1. The molecule has 142 valence electrons. The van der Waals surface area contributed by atoms with Crippen LogP contribution in [-0.2, 0) is 0 Å². The molecule has 0 radical (unpaired) electrons. The van der Waals surface area contributed by atoms with E-state index in [2.05, 4.69) is 40.2 Å². The first-order valence-corrected chi connectivity index (χ1v) is 8.78. The van der Waals surface area contributed by atoms with Crippen LogP contribution in [0, 0.1) is 12.3 Å². The number of ether oxygens (including phenoxy) is 2. The summed E-state index contributed by atoms with van der Waals surface area (Å²) in [4.78, 5) is 7.76. The average molecular weight is 374 g/mol. The third-order valence-electron chi connectivity index (χ3n) is 4.24. The summed E-state index contributed by atoms with van der Waals surface area (Å²) in [6, 6.07) is 12.0. The Morgan fingerprint density at radius 1 is 1.04 bits per heavy atom. The van der Waals surface area contributed by atoms with E-state index in [0.29, 0.717) is 22.8 Å². The van der Waals surface area contributed by atoms with Gasteiger partial charge < -0.3 is 20.9 Å². The molecule has 0 aliphatic heterocycles. The highest BCUT2D eigenvalue weighted by molar-refractivity contribution is 5.80. The van der Waals surface area contributed by atoms with E-state index < -0.39 is 0 Å². The van der Waals surface area contributed by atoms with Gasteiger partial charge in [-0.15, -0.1) is 6.42 Å².